The fourth-order valence-corrected chi connectivity index (χ4v) is 14.7. The molecule has 1 aliphatic rings. The van der Waals surface area contributed by atoms with Gasteiger partial charge in [0, 0.05) is 0 Å². The summed E-state index contributed by atoms with van der Waals surface area (Å²) in [6.07, 6.45) is 0. The van der Waals surface area contributed by atoms with Gasteiger partial charge in [-0.1, -0.05) is 200 Å². The Hall–Kier alpha value is -9.76. The molecule has 0 spiro atoms. The predicted molar refractivity (Wildman–Crippen MR) is 319 cm³/mol. The van der Waals surface area contributed by atoms with Gasteiger partial charge in [-0.05, 0) is 216 Å². The third-order valence-electron chi connectivity index (χ3n) is 17.5. The summed E-state index contributed by atoms with van der Waals surface area (Å²) in [5.41, 5.74) is 13.5. The molecule has 348 valence electrons. The number of hydrogen-bond donors (Lipinski definition) is 0. The van der Waals surface area contributed by atoms with E-state index in [2.05, 4.69) is 182 Å². The van der Waals surface area contributed by atoms with Crippen LogP contribution < -0.4 is 0 Å². The largest absolute Gasteiger partial charge is 0.207 e. The van der Waals surface area contributed by atoms with Gasteiger partial charge in [-0.25, -0.2) is 8.78 Å². The van der Waals surface area contributed by atoms with E-state index in [4.69, 9.17) is 0 Å². The summed E-state index contributed by atoms with van der Waals surface area (Å²) in [4.78, 5) is 0. The van der Waals surface area contributed by atoms with Crippen LogP contribution in [0.2, 0.25) is 0 Å². The van der Waals surface area contributed by atoms with E-state index in [1.165, 1.54) is 130 Å². The van der Waals surface area contributed by atoms with Crippen molar-refractivity contribution in [3.63, 3.8) is 0 Å². The molecule has 0 unspecified atom stereocenters. The maximum Gasteiger partial charge on any atom is 0.123 e. The molecule has 0 aliphatic heterocycles. The van der Waals surface area contributed by atoms with E-state index >= 15 is 0 Å². The van der Waals surface area contributed by atoms with E-state index in [-0.39, 0.29) is 11.6 Å². The van der Waals surface area contributed by atoms with E-state index in [1.807, 2.05) is 24.3 Å². The van der Waals surface area contributed by atoms with Crippen LogP contribution in [0.4, 0.5) is 8.78 Å². The first-order valence-corrected chi connectivity index (χ1v) is 26.2. The number of benzene rings is 15. The number of rotatable bonds is 4. The van der Waals surface area contributed by atoms with E-state index in [9.17, 15) is 8.78 Å². The zero-order chi connectivity index (χ0) is 49.7. The Morgan fingerprint density at radius 1 is 0.184 bits per heavy atom. The minimum absolute atomic E-state index is 0.269. The van der Waals surface area contributed by atoms with Crippen LogP contribution >= 0.6 is 0 Å². The van der Waals surface area contributed by atoms with Gasteiger partial charge in [-0.2, -0.15) is 0 Å². The van der Waals surface area contributed by atoms with Crippen molar-refractivity contribution < 1.29 is 8.78 Å². The van der Waals surface area contributed by atoms with E-state index in [0.717, 1.165) is 55.3 Å². The molecule has 0 nitrogen and oxygen atoms in total. The lowest BCUT2D eigenvalue weighted by Crippen LogP contribution is -1.94. The van der Waals surface area contributed by atoms with Crippen LogP contribution in [0.1, 0.15) is 0 Å². The minimum atomic E-state index is -0.269. The van der Waals surface area contributed by atoms with Crippen LogP contribution in [0.25, 0.3) is 185 Å². The lowest BCUT2D eigenvalue weighted by molar-refractivity contribution is 0.627. The first-order chi connectivity index (χ1) is 37.6. The Morgan fingerprint density at radius 3 is 1.18 bits per heavy atom. The van der Waals surface area contributed by atoms with Crippen molar-refractivity contribution in [1.82, 2.24) is 0 Å². The fourth-order valence-electron chi connectivity index (χ4n) is 14.7. The first kappa shape index (κ1) is 40.7. The molecule has 17 aromatic carbocycles. The normalized spacial score (nSPS) is 12.6. The zero-order valence-electron chi connectivity index (χ0n) is 40.7. The monoisotopic (exact) mass is 964 g/mol. The zero-order valence-corrected chi connectivity index (χ0v) is 40.7. The Balaban J connectivity index is 1.01. The predicted octanol–water partition coefficient (Wildman–Crippen LogP) is 21.3. The number of halogens is 2. The van der Waals surface area contributed by atoms with Gasteiger partial charge in [0.15, 0.2) is 0 Å². The molecule has 76 heavy (non-hydrogen) atoms. The highest BCUT2D eigenvalue weighted by Gasteiger charge is 2.34. The van der Waals surface area contributed by atoms with Crippen molar-refractivity contribution in [3.05, 3.63) is 242 Å². The van der Waals surface area contributed by atoms with Crippen molar-refractivity contribution in [1.29, 1.82) is 0 Å². The molecule has 0 heterocycles. The summed E-state index contributed by atoms with van der Waals surface area (Å²) in [6.45, 7) is 0. The summed E-state index contributed by atoms with van der Waals surface area (Å²) >= 11 is 0. The molecule has 17 aromatic rings. The third kappa shape index (κ3) is 5.02. The van der Waals surface area contributed by atoms with E-state index < -0.39 is 0 Å². The molecule has 0 amide bonds. The van der Waals surface area contributed by atoms with Gasteiger partial charge in [0.05, 0.1) is 0 Å². The molecule has 1 aliphatic carbocycles. The second-order valence-corrected chi connectivity index (χ2v) is 21.1. The Bertz CT molecular complexity index is 5230. The maximum atomic E-state index is 14.8. The molecule has 0 fully saturated rings. The molecular weight excluding hydrogens is 927 g/mol. The highest BCUT2D eigenvalue weighted by Crippen LogP contribution is 2.61. The van der Waals surface area contributed by atoms with Crippen LogP contribution in [0.3, 0.4) is 0 Å². The summed E-state index contributed by atoms with van der Waals surface area (Å²) in [5, 5.41) is 27.6. The molecule has 0 radical (unpaired) electrons. The Kier molecular flexibility index (Phi) is 7.77. The molecule has 0 bridgehead atoms. The Labute approximate surface area is 433 Å². The molecular formula is C74H38F2. The highest BCUT2D eigenvalue weighted by molar-refractivity contribution is 6.53. The third-order valence-corrected chi connectivity index (χ3v) is 17.5. The SMILES string of the molecule is Fc1ccc(-c2c3c(c(-c4ccc(F)cc4)c4ccccc24)-c2ccc4c5ccc6c7c(ccc(c8ccc-3c2c84)c57)c2c(-c3ccccc3-c3ccccc3)c3cc4ccccc4c4c5ccccc5c(c62)c34)cc1. The average Bonchev–Trinajstić information content (AvgIpc) is 4.30. The maximum absolute atomic E-state index is 14.8. The average molecular weight is 965 g/mol. The summed E-state index contributed by atoms with van der Waals surface area (Å²) < 4.78 is 29.5. The number of fused-ring (bicyclic) bond motifs is 15. The van der Waals surface area contributed by atoms with Crippen LogP contribution in [0.15, 0.2) is 231 Å². The van der Waals surface area contributed by atoms with Gasteiger partial charge in [0.25, 0.3) is 0 Å². The Morgan fingerprint density at radius 2 is 0.579 bits per heavy atom. The van der Waals surface area contributed by atoms with Crippen molar-refractivity contribution in [3.8, 4) is 66.8 Å². The summed E-state index contributed by atoms with van der Waals surface area (Å²) in [5.74, 6) is -0.538. The van der Waals surface area contributed by atoms with Crippen LogP contribution in [-0.2, 0) is 0 Å². The summed E-state index contributed by atoms with van der Waals surface area (Å²) in [7, 11) is 0. The fraction of sp³-hybridized carbons (Fsp3) is 0. The van der Waals surface area contributed by atoms with Gasteiger partial charge >= 0.3 is 0 Å². The first-order valence-electron chi connectivity index (χ1n) is 26.2. The van der Waals surface area contributed by atoms with Crippen LogP contribution in [0, 0.1) is 11.6 Å². The van der Waals surface area contributed by atoms with Crippen molar-refractivity contribution in [2.45, 2.75) is 0 Å². The second kappa shape index (κ2) is 14.5. The van der Waals surface area contributed by atoms with Crippen molar-refractivity contribution in [2.75, 3.05) is 0 Å². The molecule has 0 saturated carbocycles. The van der Waals surface area contributed by atoms with Crippen molar-refractivity contribution >= 4 is 118 Å². The van der Waals surface area contributed by atoms with Crippen molar-refractivity contribution in [2.24, 2.45) is 0 Å². The number of hydrogen-bond acceptors (Lipinski definition) is 0. The van der Waals surface area contributed by atoms with E-state index in [1.54, 1.807) is 24.3 Å². The topological polar surface area (TPSA) is 0 Å². The lowest BCUT2D eigenvalue weighted by atomic mass is 9.82. The van der Waals surface area contributed by atoms with Gasteiger partial charge in [-0.15, -0.1) is 0 Å². The van der Waals surface area contributed by atoms with Gasteiger partial charge in [0.2, 0.25) is 0 Å². The van der Waals surface area contributed by atoms with Gasteiger partial charge < -0.3 is 0 Å². The highest BCUT2D eigenvalue weighted by atomic mass is 19.1. The molecule has 18 rings (SSSR count). The lowest BCUT2D eigenvalue weighted by Gasteiger charge is -2.20. The quantitative estimate of drug-likeness (QED) is 0.122. The van der Waals surface area contributed by atoms with E-state index in [0.29, 0.717) is 0 Å². The van der Waals surface area contributed by atoms with Gasteiger partial charge in [-0.3, -0.25) is 0 Å². The smallest absolute Gasteiger partial charge is 0.123 e. The van der Waals surface area contributed by atoms with Crippen LogP contribution in [-0.4, -0.2) is 0 Å². The molecule has 0 aromatic heterocycles. The molecule has 0 N–H and O–H groups in total. The van der Waals surface area contributed by atoms with Crippen LogP contribution in [0.5, 0.6) is 0 Å². The standard InChI is InChI=1S/C74H38F2/c75-43-26-22-40(23-27-43)61-48-18-8-9-19-49(48)62(41-24-28-44(76)29-25-41)71-57-35-31-53-55-33-37-59-68-58(36-32-54(65(55)68)52-30-34-56(70(61)71)67(57)64(52)53)72-66(47-17-7-6-15-45(47)39-12-2-1-3-13-39)60-38-42-14-4-5-16-46(42)63-50-20-10-11-21-51(50)69(73(59)72)74(60)63/h1-38H. The molecule has 0 saturated heterocycles. The molecule has 2 heteroatoms. The molecule has 0 atom stereocenters. The summed E-state index contributed by atoms with van der Waals surface area (Å²) in [6, 6.07) is 81.9. The van der Waals surface area contributed by atoms with Gasteiger partial charge in [0.1, 0.15) is 11.6 Å². The second-order valence-electron chi connectivity index (χ2n) is 21.1. The minimum Gasteiger partial charge on any atom is -0.207 e.